The van der Waals surface area contributed by atoms with Crippen LogP contribution in [0.2, 0.25) is 10.0 Å². The van der Waals surface area contributed by atoms with Crippen LogP contribution in [0.4, 0.5) is 24.5 Å². The monoisotopic (exact) mass is 552 g/mol. The third-order valence-electron chi connectivity index (χ3n) is 4.46. The minimum absolute atomic E-state index is 0.0376. The van der Waals surface area contributed by atoms with Gasteiger partial charge in [-0.2, -0.15) is 18.3 Å². The van der Waals surface area contributed by atoms with Crippen molar-refractivity contribution >= 4 is 58.5 Å². The number of hydrogen-bond acceptors (Lipinski definition) is 5. The summed E-state index contributed by atoms with van der Waals surface area (Å²) in [7, 11) is 0. The number of benzene rings is 3. The SMILES string of the molecule is O=C(COc1ccc(/C=N\NC(=O)C(=O)Nc2cccc(Cl)c2)cc1Cl)Nc1cccc(C(F)(F)F)c1. The summed E-state index contributed by atoms with van der Waals surface area (Å²) in [5, 5.41) is 8.85. The standard InChI is InChI=1S/C24H17Cl2F3N4O4/c25-16-4-2-6-18(11-16)32-22(35)23(36)33-30-12-14-7-8-20(19(26)9-14)37-13-21(34)31-17-5-1-3-15(10-17)24(27,28)29/h1-12H,13H2,(H,31,34)(H,32,35)(H,33,36)/b30-12-. The first-order chi connectivity index (χ1) is 17.5. The van der Waals surface area contributed by atoms with Gasteiger partial charge in [0.25, 0.3) is 5.91 Å². The van der Waals surface area contributed by atoms with Crippen LogP contribution in [0.25, 0.3) is 0 Å². The quantitative estimate of drug-likeness (QED) is 0.215. The van der Waals surface area contributed by atoms with Crippen molar-refractivity contribution in [3.05, 3.63) is 87.9 Å². The van der Waals surface area contributed by atoms with Gasteiger partial charge in [0.1, 0.15) is 5.75 Å². The molecule has 0 aliphatic heterocycles. The summed E-state index contributed by atoms with van der Waals surface area (Å²) >= 11 is 12.0. The molecule has 3 amide bonds. The molecule has 0 aromatic heterocycles. The molecular formula is C24H17Cl2F3N4O4. The van der Waals surface area contributed by atoms with E-state index < -0.39 is 36.1 Å². The van der Waals surface area contributed by atoms with Gasteiger partial charge in [0.2, 0.25) is 0 Å². The molecule has 3 aromatic rings. The van der Waals surface area contributed by atoms with E-state index >= 15 is 0 Å². The zero-order valence-electron chi connectivity index (χ0n) is 18.6. The van der Waals surface area contributed by atoms with E-state index in [1.54, 1.807) is 18.2 Å². The van der Waals surface area contributed by atoms with Gasteiger partial charge in [0.15, 0.2) is 6.61 Å². The predicted octanol–water partition coefficient (Wildman–Crippen LogP) is 5.12. The Morgan fingerprint density at radius 1 is 0.892 bits per heavy atom. The fraction of sp³-hybridized carbons (Fsp3) is 0.0833. The molecule has 0 atom stereocenters. The minimum Gasteiger partial charge on any atom is -0.482 e. The molecular weight excluding hydrogens is 536 g/mol. The number of nitrogens with one attached hydrogen (secondary N) is 3. The Kier molecular flexibility index (Phi) is 9.10. The lowest BCUT2D eigenvalue weighted by Crippen LogP contribution is -2.32. The van der Waals surface area contributed by atoms with Crippen LogP contribution >= 0.6 is 23.2 Å². The van der Waals surface area contributed by atoms with Gasteiger partial charge in [-0.1, -0.05) is 35.3 Å². The number of halogens is 5. The van der Waals surface area contributed by atoms with Crippen molar-refractivity contribution in [2.75, 3.05) is 17.2 Å². The fourth-order valence-corrected chi connectivity index (χ4v) is 3.23. The topological polar surface area (TPSA) is 109 Å². The Bertz CT molecular complexity index is 1350. The maximum absolute atomic E-state index is 12.8. The molecule has 0 spiro atoms. The van der Waals surface area contributed by atoms with Crippen molar-refractivity contribution in [3.63, 3.8) is 0 Å². The molecule has 0 saturated carbocycles. The van der Waals surface area contributed by atoms with E-state index in [4.69, 9.17) is 27.9 Å². The van der Waals surface area contributed by atoms with E-state index in [1.807, 2.05) is 0 Å². The Labute approximate surface area is 218 Å². The van der Waals surface area contributed by atoms with Gasteiger partial charge in [-0.25, -0.2) is 5.43 Å². The van der Waals surface area contributed by atoms with Crippen LogP contribution in [0.5, 0.6) is 5.75 Å². The number of carbonyl (C=O) groups is 3. The van der Waals surface area contributed by atoms with Gasteiger partial charge < -0.3 is 15.4 Å². The van der Waals surface area contributed by atoms with Gasteiger partial charge in [-0.15, -0.1) is 0 Å². The number of alkyl halides is 3. The molecule has 0 heterocycles. The van der Waals surface area contributed by atoms with E-state index in [9.17, 15) is 27.6 Å². The molecule has 3 rings (SSSR count). The third-order valence-corrected chi connectivity index (χ3v) is 4.99. The second-order valence-corrected chi connectivity index (χ2v) is 8.11. The number of hydrazone groups is 1. The van der Waals surface area contributed by atoms with Crippen LogP contribution in [0.1, 0.15) is 11.1 Å². The van der Waals surface area contributed by atoms with Crippen LogP contribution in [0.3, 0.4) is 0 Å². The Morgan fingerprint density at radius 2 is 1.59 bits per heavy atom. The van der Waals surface area contributed by atoms with Crippen LogP contribution in [0, 0.1) is 0 Å². The molecule has 0 aliphatic carbocycles. The smallest absolute Gasteiger partial charge is 0.416 e. The molecule has 0 saturated heterocycles. The lowest BCUT2D eigenvalue weighted by molar-refractivity contribution is -0.137. The van der Waals surface area contributed by atoms with Crippen molar-refractivity contribution in [3.8, 4) is 5.75 Å². The van der Waals surface area contributed by atoms with Crippen LogP contribution < -0.4 is 20.8 Å². The highest BCUT2D eigenvalue weighted by atomic mass is 35.5. The van der Waals surface area contributed by atoms with Crippen molar-refractivity contribution in [1.29, 1.82) is 0 Å². The number of anilines is 2. The number of amides is 3. The van der Waals surface area contributed by atoms with Crippen molar-refractivity contribution < 1.29 is 32.3 Å². The maximum atomic E-state index is 12.8. The Balaban J connectivity index is 1.49. The average Bonchev–Trinajstić information content (AvgIpc) is 2.83. The summed E-state index contributed by atoms with van der Waals surface area (Å²) in [6, 6.07) is 14.8. The third kappa shape index (κ3) is 8.51. The van der Waals surface area contributed by atoms with E-state index in [2.05, 4.69) is 21.2 Å². The summed E-state index contributed by atoms with van der Waals surface area (Å²) in [6.45, 7) is -0.513. The molecule has 3 aromatic carbocycles. The van der Waals surface area contributed by atoms with E-state index in [0.29, 0.717) is 16.3 Å². The van der Waals surface area contributed by atoms with Crippen LogP contribution in [-0.4, -0.2) is 30.5 Å². The van der Waals surface area contributed by atoms with Gasteiger partial charge in [-0.3, -0.25) is 14.4 Å². The van der Waals surface area contributed by atoms with Gasteiger partial charge in [0, 0.05) is 16.4 Å². The number of nitrogens with zero attached hydrogens (tertiary/aromatic N) is 1. The summed E-state index contributed by atoms with van der Waals surface area (Å²) < 4.78 is 43.7. The molecule has 0 fully saturated rings. The summed E-state index contributed by atoms with van der Waals surface area (Å²) in [5.41, 5.74) is 1.90. The summed E-state index contributed by atoms with van der Waals surface area (Å²) in [6.07, 6.45) is -3.32. The number of hydrogen-bond donors (Lipinski definition) is 3. The second-order valence-electron chi connectivity index (χ2n) is 7.27. The largest absolute Gasteiger partial charge is 0.482 e. The first-order valence-corrected chi connectivity index (χ1v) is 11.1. The molecule has 0 aliphatic rings. The normalized spacial score (nSPS) is 11.2. The molecule has 0 unspecified atom stereocenters. The summed E-state index contributed by atoms with van der Waals surface area (Å²) in [4.78, 5) is 35.8. The molecule has 0 radical (unpaired) electrons. The zero-order chi connectivity index (χ0) is 27.0. The second kappa shape index (κ2) is 12.2. The highest BCUT2D eigenvalue weighted by molar-refractivity contribution is 6.39. The number of rotatable bonds is 7. The highest BCUT2D eigenvalue weighted by Crippen LogP contribution is 2.30. The molecule has 37 heavy (non-hydrogen) atoms. The minimum atomic E-state index is -4.54. The van der Waals surface area contributed by atoms with Crippen LogP contribution in [-0.2, 0) is 20.6 Å². The first-order valence-electron chi connectivity index (χ1n) is 10.3. The van der Waals surface area contributed by atoms with Crippen LogP contribution in [0.15, 0.2) is 71.8 Å². The molecule has 8 nitrogen and oxygen atoms in total. The van der Waals surface area contributed by atoms with Gasteiger partial charge in [0.05, 0.1) is 16.8 Å². The van der Waals surface area contributed by atoms with Crippen molar-refractivity contribution in [1.82, 2.24) is 5.43 Å². The van der Waals surface area contributed by atoms with E-state index in [-0.39, 0.29) is 16.5 Å². The average molecular weight is 553 g/mol. The van der Waals surface area contributed by atoms with Crippen molar-refractivity contribution in [2.45, 2.75) is 6.18 Å². The zero-order valence-corrected chi connectivity index (χ0v) is 20.1. The Morgan fingerprint density at radius 3 is 2.27 bits per heavy atom. The van der Waals surface area contributed by atoms with E-state index in [1.165, 1.54) is 42.6 Å². The number of ether oxygens (including phenoxy) is 1. The molecule has 0 bridgehead atoms. The predicted molar refractivity (Wildman–Crippen MR) is 133 cm³/mol. The van der Waals surface area contributed by atoms with Gasteiger partial charge >= 0.3 is 18.0 Å². The van der Waals surface area contributed by atoms with E-state index in [0.717, 1.165) is 12.1 Å². The first kappa shape index (κ1) is 27.5. The molecule has 3 N–H and O–H groups in total. The summed E-state index contributed by atoms with van der Waals surface area (Å²) in [5.74, 6) is -2.54. The van der Waals surface area contributed by atoms with Crippen molar-refractivity contribution in [2.24, 2.45) is 5.10 Å². The van der Waals surface area contributed by atoms with Gasteiger partial charge in [-0.05, 0) is 60.2 Å². The lowest BCUT2D eigenvalue weighted by Gasteiger charge is -2.11. The maximum Gasteiger partial charge on any atom is 0.416 e. The highest BCUT2D eigenvalue weighted by Gasteiger charge is 2.30. The Hall–Kier alpha value is -4.09. The molecule has 13 heteroatoms. The fourth-order valence-electron chi connectivity index (χ4n) is 2.80. The number of carbonyl (C=O) groups excluding carboxylic acids is 3. The lowest BCUT2D eigenvalue weighted by atomic mass is 10.2. The molecule has 192 valence electrons.